The maximum absolute atomic E-state index is 11.6. The number of carbonyl (C=O) groups is 1. The van der Waals surface area contributed by atoms with Crippen molar-refractivity contribution in [2.45, 2.75) is 19.3 Å². The molecule has 1 atom stereocenters. The van der Waals surface area contributed by atoms with Crippen molar-refractivity contribution in [3.05, 3.63) is 22.4 Å². The lowest BCUT2D eigenvalue weighted by molar-refractivity contribution is -0.119. The Morgan fingerprint density at radius 1 is 1.64 bits per heavy atom. The summed E-state index contributed by atoms with van der Waals surface area (Å²) in [6, 6.07) is 2.04. The molecule has 3 heteroatoms. The largest absolute Gasteiger partial charge is 0.316 e. The molecule has 1 saturated heterocycles. The second kappa shape index (κ2) is 4.71. The van der Waals surface area contributed by atoms with Crippen LogP contribution in [0.4, 0.5) is 0 Å². The fourth-order valence-corrected chi connectivity index (χ4v) is 2.57. The minimum Gasteiger partial charge on any atom is -0.316 e. The third kappa shape index (κ3) is 2.66. The fraction of sp³-hybridized carbons (Fsp3) is 0.545. The van der Waals surface area contributed by atoms with Crippen LogP contribution in [-0.4, -0.2) is 18.9 Å². The first kappa shape index (κ1) is 9.87. The number of rotatable bonds is 4. The van der Waals surface area contributed by atoms with Gasteiger partial charge in [-0.25, -0.2) is 0 Å². The standard InChI is InChI=1S/C11H15NOS/c13-11(5-9-1-3-12-7-9)6-10-2-4-14-8-10/h2,4,8-9,12H,1,3,5-7H2. The van der Waals surface area contributed by atoms with Crippen molar-refractivity contribution >= 4 is 17.1 Å². The predicted molar refractivity (Wildman–Crippen MR) is 58.6 cm³/mol. The molecule has 0 bridgehead atoms. The lowest BCUT2D eigenvalue weighted by atomic mass is 9.99. The van der Waals surface area contributed by atoms with Gasteiger partial charge < -0.3 is 5.32 Å². The zero-order valence-electron chi connectivity index (χ0n) is 8.16. The third-order valence-corrected chi connectivity index (χ3v) is 3.39. The maximum Gasteiger partial charge on any atom is 0.137 e. The van der Waals surface area contributed by atoms with E-state index in [9.17, 15) is 4.79 Å². The fourth-order valence-electron chi connectivity index (χ4n) is 1.90. The Morgan fingerprint density at radius 3 is 3.21 bits per heavy atom. The van der Waals surface area contributed by atoms with Crippen molar-refractivity contribution < 1.29 is 4.79 Å². The Kier molecular flexibility index (Phi) is 3.32. The first-order valence-electron chi connectivity index (χ1n) is 5.08. The molecule has 2 heterocycles. The quantitative estimate of drug-likeness (QED) is 0.820. The number of nitrogens with one attached hydrogen (secondary N) is 1. The molecule has 0 aromatic carbocycles. The van der Waals surface area contributed by atoms with Crippen LogP contribution in [0.2, 0.25) is 0 Å². The van der Waals surface area contributed by atoms with Gasteiger partial charge in [0.2, 0.25) is 0 Å². The van der Waals surface area contributed by atoms with Gasteiger partial charge in [0.25, 0.3) is 0 Å². The van der Waals surface area contributed by atoms with Crippen LogP contribution in [0.5, 0.6) is 0 Å². The lowest BCUT2D eigenvalue weighted by Gasteiger charge is -2.05. The second-order valence-electron chi connectivity index (χ2n) is 3.91. The van der Waals surface area contributed by atoms with Crippen LogP contribution >= 0.6 is 11.3 Å². The number of hydrogen-bond donors (Lipinski definition) is 1. The van der Waals surface area contributed by atoms with E-state index in [0.717, 1.165) is 25.9 Å². The minimum absolute atomic E-state index is 0.386. The van der Waals surface area contributed by atoms with Gasteiger partial charge in [-0.05, 0) is 47.8 Å². The second-order valence-corrected chi connectivity index (χ2v) is 4.69. The number of thiophene rings is 1. The van der Waals surface area contributed by atoms with Crippen molar-refractivity contribution in [3.63, 3.8) is 0 Å². The molecule has 14 heavy (non-hydrogen) atoms. The Labute approximate surface area is 88.3 Å². The highest BCUT2D eigenvalue weighted by Crippen LogP contribution is 2.15. The topological polar surface area (TPSA) is 29.1 Å². The summed E-state index contributed by atoms with van der Waals surface area (Å²) >= 11 is 1.66. The summed E-state index contributed by atoms with van der Waals surface area (Å²) in [5.74, 6) is 0.971. The van der Waals surface area contributed by atoms with E-state index in [-0.39, 0.29) is 0 Å². The third-order valence-electron chi connectivity index (χ3n) is 2.66. The van der Waals surface area contributed by atoms with Crippen LogP contribution in [-0.2, 0) is 11.2 Å². The van der Waals surface area contributed by atoms with E-state index in [1.807, 2.05) is 11.4 Å². The molecular weight excluding hydrogens is 194 g/mol. The molecular formula is C11H15NOS. The molecule has 1 aliphatic rings. The van der Waals surface area contributed by atoms with Crippen molar-refractivity contribution in [2.24, 2.45) is 5.92 Å². The van der Waals surface area contributed by atoms with E-state index in [4.69, 9.17) is 0 Å². The van der Waals surface area contributed by atoms with E-state index in [0.29, 0.717) is 18.1 Å². The summed E-state index contributed by atoms with van der Waals surface area (Å²) in [6.45, 7) is 2.10. The zero-order valence-corrected chi connectivity index (χ0v) is 8.98. The van der Waals surface area contributed by atoms with Crippen LogP contribution in [0, 0.1) is 5.92 Å². The Hall–Kier alpha value is -0.670. The maximum atomic E-state index is 11.6. The van der Waals surface area contributed by atoms with Crippen molar-refractivity contribution in [1.82, 2.24) is 5.32 Å². The summed E-state index contributed by atoms with van der Waals surface area (Å²) in [4.78, 5) is 11.6. The van der Waals surface area contributed by atoms with E-state index in [1.165, 1.54) is 5.56 Å². The molecule has 1 unspecified atom stereocenters. The average molecular weight is 209 g/mol. The van der Waals surface area contributed by atoms with Crippen LogP contribution in [0.1, 0.15) is 18.4 Å². The Balaban J connectivity index is 1.78. The molecule has 2 rings (SSSR count). The number of Topliss-reactive ketones (excluding diaryl/α,β-unsaturated/α-hetero) is 1. The van der Waals surface area contributed by atoms with Crippen molar-refractivity contribution in [3.8, 4) is 0 Å². The summed E-state index contributed by atoms with van der Waals surface area (Å²) in [5.41, 5.74) is 1.17. The molecule has 1 aromatic heterocycles. The smallest absolute Gasteiger partial charge is 0.137 e. The van der Waals surface area contributed by atoms with Crippen LogP contribution in [0.15, 0.2) is 16.8 Å². The van der Waals surface area contributed by atoms with Gasteiger partial charge >= 0.3 is 0 Å². The monoisotopic (exact) mass is 209 g/mol. The van der Waals surface area contributed by atoms with Gasteiger partial charge in [0.05, 0.1) is 0 Å². The van der Waals surface area contributed by atoms with Crippen LogP contribution in [0.25, 0.3) is 0 Å². The molecule has 0 aliphatic carbocycles. The van der Waals surface area contributed by atoms with E-state index in [2.05, 4.69) is 10.7 Å². The molecule has 0 amide bonds. The Morgan fingerprint density at radius 2 is 2.57 bits per heavy atom. The molecule has 2 nitrogen and oxygen atoms in total. The van der Waals surface area contributed by atoms with Gasteiger partial charge in [-0.15, -0.1) is 0 Å². The summed E-state index contributed by atoms with van der Waals surface area (Å²) in [5, 5.41) is 7.37. The van der Waals surface area contributed by atoms with Gasteiger partial charge in [-0.3, -0.25) is 4.79 Å². The highest BCUT2D eigenvalue weighted by atomic mass is 32.1. The van der Waals surface area contributed by atoms with Crippen LogP contribution in [0.3, 0.4) is 0 Å². The van der Waals surface area contributed by atoms with Gasteiger partial charge in [0, 0.05) is 12.8 Å². The first-order chi connectivity index (χ1) is 6.84. The highest BCUT2D eigenvalue weighted by molar-refractivity contribution is 7.07. The van der Waals surface area contributed by atoms with Crippen molar-refractivity contribution in [1.29, 1.82) is 0 Å². The van der Waals surface area contributed by atoms with Gasteiger partial charge in [0.1, 0.15) is 5.78 Å². The van der Waals surface area contributed by atoms with Crippen molar-refractivity contribution in [2.75, 3.05) is 13.1 Å². The van der Waals surface area contributed by atoms with Gasteiger partial charge in [-0.2, -0.15) is 11.3 Å². The number of ketones is 1. The molecule has 0 radical (unpaired) electrons. The molecule has 1 aliphatic heterocycles. The minimum atomic E-state index is 0.386. The molecule has 76 valence electrons. The molecule has 0 saturated carbocycles. The van der Waals surface area contributed by atoms with E-state index >= 15 is 0 Å². The summed E-state index contributed by atoms with van der Waals surface area (Å²) < 4.78 is 0. The molecule has 1 fully saturated rings. The van der Waals surface area contributed by atoms with Crippen LogP contribution < -0.4 is 5.32 Å². The number of carbonyl (C=O) groups excluding carboxylic acids is 1. The predicted octanol–water partition coefficient (Wildman–Crippen LogP) is 1.86. The zero-order chi connectivity index (χ0) is 9.80. The SMILES string of the molecule is O=C(Cc1ccsc1)CC1CCNC1. The summed E-state index contributed by atoms with van der Waals surface area (Å²) in [7, 11) is 0. The normalized spacial score (nSPS) is 21.3. The van der Waals surface area contributed by atoms with E-state index < -0.39 is 0 Å². The Bertz CT molecular complexity index is 288. The lowest BCUT2D eigenvalue weighted by Crippen LogP contribution is -2.13. The highest BCUT2D eigenvalue weighted by Gasteiger charge is 2.17. The van der Waals surface area contributed by atoms with Gasteiger partial charge in [0.15, 0.2) is 0 Å². The molecule has 1 N–H and O–H groups in total. The summed E-state index contributed by atoms with van der Waals surface area (Å²) in [6.07, 6.45) is 2.54. The van der Waals surface area contributed by atoms with E-state index in [1.54, 1.807) is 11.3 Å². The average Bonchev–Trinajstić information content (AvgIpc) is 2.76. The number of hydrogen-bond acceptors (Lipinski definition) is 3. The molecule has 1 aromatic rings. The molecule has 0 spiro atoms. The first-order valence-corrected chi connectivity index (χ1v) is 6.02. The van der Waals surface area contributed by atoms with Gasteiger partial charge in [-0.1, -0.05) is 0 Å².